The van der Waals surface area contributed by atoms with Gasteiger partial charge in [0.05, 0.1) is 28.7 Å². The second kappa shape index (κ2) is 7.34. The van der Waals surface area contributed by atoms with Gasteiger partial charge in [-0.2, -0.15) is 0 Å². The topological polar surface area (TPSA) is 30.1 Å². The molecule has 2 heterocycles. The third kappa shape index (κ3) is 2.68. The molecule has 0 aliphatic carbocycles. The van der Waals surface area contributed by atoms with Crippen LogP contribution in [0.15, 0.2) is 115 Å². The Morgan fingerprint density at radius 2 is 0.912 bits per heavy atom. The average Bonchev–Trinajstić information content (AvgIpc) is 3.41. The number of rotatable bonds is 3. The van der Waals surface area contributed by atoms with E-state index in [4.69, 9.17) is 0 Å². The van der Waals surface area contributed by atoms with E-state index in [1.54, 1.807) is 0 Å². The molecule has 5 aromatic carbocycles. The second-order valence-electron chi connectivity index (χ2n) is 8.75. The zero-order chi connectivity index (χ0) is 22.6. The third-order valence-electron chi connectivity index (χ3n) is 6.85. The molecular weight excluding hydrogens is 416 g/mol. The summed E-state index contributed by atoms with van der Waals surface area (Å²) in [5.41, 5.74) is 7.88. The number of benzene rings is 5. The van der Waals surface area contributed by atoms with Crippen LogP contribution in [0, 0.1) is 0 Å². The first-order valence-corrected chi connectivity index (χ1v) is 11.6. The van der Waals surface area contributed by atoms with E-state index in [1.165, 1.54) is 27.2 Å². The molecule has 0 radical (unpaired) electrons. The van der Waals surface area contributed by atoms with E-state index in [0.29, 0.717) is 0 Å². The number of para-hydroxylation sites is 3. The van der Waals surface area contributed by atoms with Crippen LogP contribution >= 0.6 is 0 Å². The predicted octanol–water partition coefficient (Wildman–Crippen LogP) is 7.37. The highest BCUT2D eigenvalue weighted by atomic mass is 16.3. The molecule has 0 saturated heterocycles. The Hall–Kier alpha value is -4.34. The lowest BCUT2D eigenvalue weighted by molar-refractivity contribution is 0.282. The monoisotopic (exact) mass is 438 g/mol. The first-order chi connectivity index (χ1) is 16.8. The summed E-state index contributed by atoms with van der Waals surface area (Å²) in [6.45, 7) is 0.0404. The van der Waals surface area contributed by atoms with Gasteiger partial charge in [0, 0.05) is 32.9 Å². The first kappa shape index (κ1) is 19.2. The van der Waals surface area contributed by atoms with E-state index in [1.807, 2.05) is 6.07 Å². The molecule has 3 nitrogen and oxygen atoms in total. The van der Waals surface area contributed by atoms with Gasteiger partial charge >= 0.3 is 0 Å². The zero-order valence-electron chi connectivity index (χ0n) is 18.5. The minimum Gasteiger partial charge on any atom is -0.392 e. The van der Waals surface area contributed by atoms with Gasteiger partial charge in [0.25, 0.3) is 0 Å². The molecular formula is C31H22N2O. The number of aromatic nitrogens is 2. The van der Waals surface area contributed by atoms with E-state index < -0.39 is 0 Å². The molecule has 0 saturated carbocycles. The molecule has 34 heavy (non-hydrogen) atoms. The van der Waals surface area contributed by atoms with Gasteiger partial charge in [0.2, 0.25) is 0 Å². The number of aliphatic hydroxyl groups is 1. The molecule has 162 valence electrons. The average molecular weight is 439 g/mol. The lowest BCUT2D eigenvalue weighted by atomic mass is 10.1. The highest BCUT2D eigenvalue weighted by Crippen LogP contribution is 2.35. The number of hydrogen-bond acceptors (Lipinski definition) is 1. The molecule has 0 fully saturated rings. The smallest absolute Gasteiger partial charge is 0.0682 e. The minimum atomic E-state index is 0.0404. The van der Waals surface area contributed by atoms with Crippen LogP contribution in [0.5, 0.6) is 0 Å². The highest BCUT2D eigenvalue weighted by molar-refractivity contribution is 6.10. The van der Waals surface area contributed by atoms with Crippen molar-refractivity contribution in [1.82, 2.24) is 9.13 Å². The van der Waals surface area contributed by atoms with Crippen molar-refractivity contribution in [2.45, 2.75) is 6.61 Å². The standard InChI is InChI=1S/C31H22N2O/c34-20-21-16-17-31-27(18-21)26-12-3-6-15-30(26)33(31)23-9-7-8-22(19-23)32-28-13-4-1-10-24(28)25-11-2-5-14-29(25)32/h1-19,34H,20H2. The number of fused-ring (bicyclic) bond motifs is 6. The maximum atomic E-state index is 9.70. The molecule has 0 amide bonds. The van der Waals surface area contributed by atoms with Crippen LogP contribution < -0.4 is 0 Å². The molecule has 3 heteroatoms. The van der Waals surface area contributed by atoms with Crippen LogP contribution in [0.1, 0.15) is 5.56 Å². The van der Waals surface area contributed by atoms with Gasteiger partial charge in [-0.25, -0.2) is 0 Å². The molecule has 2 aromatic heterocycles. The van der Waals surface area contributed by atoms with Gasteiger partial charge in [-0.15, -0.1) is 0 Å². The summed E-state index contributed by atoms with van der Waals surface area (Å²) in [6, 6.07) is 40.7. The van der Waals surface area contributed by atoms with Crippen LogP contribution in [0.25, 0.3) is 55.0 Å². The lowest BCUT2D eigenvalue weighted by Gasteiger charge is -2.13. The molecule has 1 N–H and O–H groups in total. The van der Waals surface area contributed by atoms with Crippen molar-refractivity contribution in [3.8, 4) is 11.4 Å². The van der Waals surface area contributed by atoms with Crippen molar-refractivity contribution < 1.29 is 5.11 Å². The molecule has 0 bridgehead atoms. The summed E-state index contributed by atoms with van der Waals surface area (Å²) >= 11 is 0. The third-order valence-corrected chi connectivity index (χ3v) is 6.85. The van der Waals surface area contributed by atoms with E-state index >= 15 is 0 Å². The number of aliphatic hydroxyl groups excluding tert-OH is 1. The van der Waals surface area contributed by atoms with Crippen molar-refractivity contribution in [1.29, 1.82) is 0 Å². The lowest BCUT2D eigenvalue weighted by Crippen LogP contribution is -1.98. The van der Waals surface area contributed by atoms with Crippen LogP contribution in [-0.2, 0) is 6.61 Å². The Morgan fingerprint density at radius 1 is 0.441 bits per heavy atom. The summed E-state index contributed by atoms with van der Waals surface area (Å²) in [4.78, 5) is 0. The van der Waals surface area contributed by atoms with E-state index in [0.717, 1.165) is 33.4 Å². The number of nitrogens with zero attached hydrogens (tertiary/aromatic N) is 2. The first-order valence-electron chi connectivity index (χ1n) is 11.6. The van der Waals surface area contributed by atoms with E-state index in [-0.39, 0.29) is 6.61 Å². The highest BCUT2D eigenvalue weighted by Gasteiger charge is 2.15. The van der Waals surface area contributed by atoms with Gasteiger partial charge in [-0.05, 0) is 54.1 Å². The Morgan fingerprint density at radius 3 is 1.44 bits per heavy atom. The summed E-state index contributed by atoms with van der Waals surface area (Å²) in [5.74, 6) is 0. The van der Waals surface area contributed by atoms with Crippen molar-refractivity contribution in [3.05, 3.63) is 121 Å². The molecule has 0 aliphatic rings. The summed E-state index contributed by atoms with van der Waals surface area (Å²) in [6.07, 6.45) is 0. The Labute approximate surface area is 196 Å². The minimum absolute atomic E-state index is 0.0404. The fourth-order valence-corrected chi connectivity index (χ4v) is 5.37. The quantitative estimate of drug-likeness (QED) is 0.307. The number of hydrogen-bond donors (Lipinski definition) is 1. The van der Waals surface area contributed by atoms with Crippen molar-refractivity contribution in [2.24, 2.45) is 0 Å². The Balaban J connectivity index is 1.53. The summed E-state index contributed by atoms with van der Waals surface area (Å²) in [7, 11) is 0. The second-order valence-corrected chi connectivity index (χ2v) is 8.75. The Bertz CT molecular complexity index is 1800. The molecule has 0 spiro atoms. The normalized spacial score (nSPS) is 11.8. The molecule has 0 unspecified atom stereocenters. The van der Waals surface area contributed by atoms with E-state index in [2.05, 4.69) is 118 Å². The van der Waals surface area contributed by atoms with Crippen LogP contribution in [0.4, 0.5) is 0 Å². The predicted molar refractivity (Wildman–Crippen MR) is 141 cm³/mol. The van der Waals surface area contributed by atoms with Crippen molar-refractivity contribution in [2.75, 3.05) is 0 Å². The fourth-order valence-electron chi connectivity index (χ4n) is 5.37. The maximum absolute atomic E-state index is 9.70. The van der Waals surface area contributed by atoms with Crippen molar-refractivity contribution >= 4 is 43.6 Å². The Kier molecular flexibility index (Phi) is 4.14. The summed E-state index contributed by atoms with van der Waals surface area (Å²) < 4.78 is 4.68. The van der Waals surface area contributed by atoms with Gasteiger partial charge in [-0.1, -0.05) is 66.7 Å². The van der Waals surface area contributed by atoms with Crippen LogP contribution in [-0.4, -0.2) is 14.2 Å². The molecule has 0 aliphatic heterocycles. The molecule has 7 rings (SSSR count). The maximum Gasteiger partial charge on any atom is 0.0682 e. The molecule has 0 atom stereocenters. The largest absolute Gasteiger partial charge is 0.392 e. The summed E-state index contributed by atoms with van der Waals surface area (Å²) in [5, 5.41) is 14.6. The zero-order valence-corrected chi connectivity index (χ0v) is 18.5. The van der Waals surface area contributed by atoms with Crippen LogP contribution in [0.2, 0.25) is 0 Å². The van der Waals surface area contributed by atoms with Gasteiger partial charge in [0.15, 0.2) is 0 Å². The van der Waals surface area contributed by atoms with Gasteiger partial charge < -0.3 is 14.2 Å². The van der Waals surface area contributed by atoms with Gasteiger partial charge in [-0.3, -0.25) is 0 Å². The molecule has 7 aromatic rings. The fraction of sp³-hybridized carbons (Fsp3) is 0.0323. The van der Waals surface area contributed by atoms with Crippen LogP contribution in [0.3, 0.4) is 0 Å². The van der Waals surface area contributed by atoms with E-state index in [9.17, 15) is 5.11 Å². The van der Waals surface area contributed by atoms with Crippen molar-refractivity contribution in [3.63, 3.8) is 0 Å². The SMILES string of the molecule is OCc1ccc2c(c1)c1ccccc1n2-c1cccc(-n2c3ccccc3c3ccccc32)c1. The van der Waals surface area contributed by atoms with Gasteiger partial charge in [0.1, 0.15) is 0 Å².